The molecule has 4 nitrogen and oxygen atoms in total. The van der Waals surface area contributed by atoms with E-state index in [9.17, 15) is 8.42 Å². The number of benzene rings is 1. The average molecular weight is 305 g/mol. The molecule has 108 valence electrons. The molecule has 0 aliphatic carbocycles. The van der Waals surface area contributed by atoms with Crippen molar-refractivity contribution in [1.29, 1.82) is 0 Å². The maximum absolute atomic E-state index is 12.0. The standard InChI is InChI=1S/C13H21ClN2O2S/c1-10(2)15-8-5-9-19(17,18)16-13-11(3)6-4-7-12(13)14/h4,6-7,10,15-16H,5,8-9H2,1-3H3. The second-order valence-corrected chi connectivity index (χ2v) is 7.06. The van der Waals surface area contributed by atoms with Crippen LogP contribution in [-0.4, -0.2) is 26.8 Å². The Morgan fingerprint density at radius 3 is 2.58 bits per heavy atom. The number of aryl methyl sites for hydroxylation is 1. The van der Waals surface area contributed by atoms with Crippen LogP contribution in [0.4, 0.5) is 5.69 Å². The quantitative estimate of drug-likeness (QED) is 0.762. The first-order valence-electron chi connectivity index (χ1n) is 6.31. The molecule has 0 saturated carbocycles. The summed E-state index contributed by atoms with van der Waals surface area (Å²) in [7, 11) is -3.35. The number of anilines is 1. The SMILES string of the molecule is Cc1cccc(Cl)c1NS(=O)(=O)CCCNC(C)C. The average Bonchev–Trinajstić information content (AvgIpc) is 2.30. The first-order chi connectivity index (χ1) is 8.82. The number of hydrogen-bond acceptors (Lipinski definition) is 3. The fourth-order valence-corrected chi connectivity index (χ4v) is 3.15. The van der Waals surface area contributed by atoms with Crippen molar-refractivity contribution in [2.24, 2.45) is 0 Å². The number of nitrogens with one attached hydrogen (secondary N) is 2. The maximum Gasteiger partial charge on any atom is 0.232 e. The highest BCUT2D eigenvalue weighted by Gasteiger charge is 2.13. The molecule has 1 rings (SSSR count). The normalized spacial score (nSPS) is 11.8. The lowest BCUT2D eigenvalue weighted by Crippen LogP contribution is -2.26. The van der Waals surface area contributed by atoms with E-state index in [-0.39, 0.29) is 5.75 Å². The molecule has 0 saturated heterocycles. The maximum atomic E-state index is 12.0. The van der Waals surface area contributed by atoms with Crippen molar-refractivity contribution in [2.45, 2.75) is 33.2 Å². The molecular formula is C13H21ClN2O2S. The molecule has 0 heterocycles. The Labute approximate surface area is 120 Å². The van der Waals surface area contributed by atoms with Crippen molar-refractivity contribution in [3.63, 3.8) is 0 Å². The third kappa shape index (κ3) is 5.80. The molecule has 2 N–H and O–H groups in total. The van der Waals surface area contributed by atoms with Gasteiger partial charge in [0.15, 0.2) is 0 Å². The van der Waals surface area contributed by atoms with Gasteiger partial charge >= 0.3 is 0 Å². The Kier molecular flexibility index (Phi) is 6.10. The van der Waals surface area contributed by atoms with E-state index in [4.69, 9.17) is 11.6 Å². The summed E-state index contributed by atoms with van der Waals surface area (Å²) in [6.07, 6.45) is 0.566. The van der Waals surface area contributed by atoms with Crippen LogP contribution >= 0.6 is 11.6 Å². The van der Waals surface area contributed by atoms with Gasteiger partial charge in [-0.2, -0.15) is 0 Å². The Bertz CT molecular complexity index is 495. The third-order valence-electron chi connectivity index (χ3n) is 2.62. The predicted molar refractivity (Wildman–Crippen MR) is 81.4 cm³/mol. The van der Waals surface area contributed by atoms with Crippen LogP contribution in [0.3, 0.4) is 0 Å². The smallest absolute Gasteiger partial charge is 0.232 e. The third-order valence-corrected chi connectivity index (χ3v) is 4.28. The van der Waals surface area contributed by atoms with Crippen LogP contribution in [0.15, 0.2) is 18.2 Å². The summed E-state index contributed by atoms with van der Waals surface area (Å²) < 4.78 is 26.5. The lowest BCUT2D eigenvalue weighted by molar-refractivity contribution is 0.571. The van der Waals surface area contributed by atoms with Gasteiger partial charge in [-0.05, 0) is 31.5 Å². The molecule has 6 heteroatoms. The first-order valence-corrected chi connectivity index (χ1v) is 8.34. The zero-order chi connectivity index (χ0) is 14.5. The van der Waals surface area contributed by atoms with Crippen LogP contribution in [0.2, 0.25) is 5.02 Å². The summed E-state index contributed by atoms with van der Waals surface area (Å²) in [6.45, 7) is 6.56. The van der Waals surface area contributed by atoms with E-state index in [1.165, 1.54) is 0 Å². The molecule has 0 aromatic heterocycles. The zero-order valence-electron chi connectivity index (χ0n) is 11.5. The van der Waals surface area contributed by atoms with E-state index >= 15 is 0 Å². The lowest BCUT2D eigenvalue weighted by Gasteiger charge is -2.12. The van der Waals surface area contributed by atoms with E-state index in [0.29, 0.717) is 29.7 Å². The summed E-state index contributed by atoms with van der Waals surface area (Å²) in [6, 6.07) is 5.65. The number of hydrogen-bond donors (Lipinski definition) is 2. The van der Waals surface area contributed by atoms with Crippen molar-refractivity contribution in [1.82, 2.24) is 5.32 Å². The number of para-hydroxylation sites is 1. The van der Waals surface area contributed by atoms with Crippen LogP contribution in [-0.2, 0) is 10.0 Å². The van der Waals surface area contributed by atoms with Crippen LogP contribution in [0.5, 0.6) is 0 Å². The highest BCUT2D eigenvalue weighted by Crippen LogP contribution is 2.26. The molecule has 0 bridgehead atoms. The van der Waals surface area contributed by atoms with Crippen molar-refractivity contribution in [2.75, 3.05) is 17.0 Å². The van der Waals surface area contributed by atoms with Crippen molar-refractivity contribution in [3.05, 3.63) is 28.8 Å². The summed E-state index contributed by atoms with van der Waals surface area (Å²) in [5.41, 5.74) is 1.29. The second kappa shape index (κ2) is 7.12. The summed E-state index contributed by atoms with van der Waals surface area (Å²) >= 11 is 6.00. The molecule has 0 spiro atoms. The van der Waals surface area contributed by atoms with Gasteiger partial charge < -0.3 is 5.32 Å². The van der Waals surface area contributed by atoms with Crippen LogP contribution in [0, 0.1) is 6.92 Å². The Morgan fingerprint density at radius 2 is 2.00 bits per heavy atom. The topological polar surface area (TPSA) is 58.2 Å². The van der Waals surface area contributed by atoms with Crippen LogP contribution in [0.1, 0.15) is 25.8 Å². The molecule has 0 aliphatic rings. The van der Waals surface area contributed by atoms with Gasteiger partial charge in [0.25, 0.3) is 0 Å². The van der Waals surface area contributed by atoms with Crippen molar-refractivity contribution >= 4 is 27.3 Å². The minimum absolute atomic E-state index is 0.0807. The van der Waals surface area contributed by atoms with Crippen molar-refractivity contribution in [3.8, 4) is 0 Å². The Morgan fingerprint density at radius 1 is 1.32 bits per heavy atom. The minimum Gasteiger partial charge on any atom is -0.314 e. The largest absolute Gasteiger partial charge is 0.314 e. The van der Waals surface area contributed by atoms with E-state index in [1.807, 2.05) is 26.8 Å². The summed E-state index contributed by atoms with van der Waals surface area (Å²) in [5, 5.41) is 3.61. The molecule has 19 heavy (non-hydrogen) atoms. The Hall–Kier alpha value is -0.780. The second-order valence-electron chi connectivity index (χ2n) is 4.82. The monoisotopic (exact) mass is 304 g/mol. The number of halogens is 1. The number of sulfonamides is 1. The lowest BCUT2D eigenvalue weighted by atomic mass is 10.2. The van der Waals surface area contributed by atoms with Gasteiger partial charge in [0.05, 0.1) is 16.5 Å². The van der Waals surface area contributed by atoms with E-state index in [0.717, 1.165) is 5.56 Å². The van der Waals surface area contributed by atoms with Gasteiger partial charge in [0, 0.05) is 6.04 Å². The predicted octanol–water partition coefficient (Wildman–Crippen LogP) is 2.78. The van der Waals surface area contributed by atoms with Gasteiger partial charge in [0.2, 0.25) is 10.0 Å². The molecule has 0 radical (unpaired) electrons. The van der Waals surface area contributed by atoms with Crippen LogP contribution < -0.4 is 10.0 Å². The van der Waals surface area contributed by atoms with Gasteiger partial charge in [-0.15, -0.1) is 0 Å². The zero-order valence-corrected chi connectivity index (χ0v) is 13.1. The van der Waals surface area contributed by atoms with Crippen LogP contribution in [0.25, 0.3) is 0 Å². The summed E-state index contributed by atoms with van der Waals surface area (Å²) in [5.74, 6) is 0.0807. The highest BCUT2D eigenvalue weighted by molar-refractivity contribution is 7.92. The fraction of sp³-hybridized carbons (Fsp3) is 0.538. The molecule has 0 fully saturated rings. The first kappa shape index (κ1) is 16.3. The van der Waals surface area contributed by atoms with E-state index < -0.39 is 10.0 Å². The van der Waals surface area contributed by atoms with Crippen molar-refractivity contribution < 1.29 is 8.42 Å². The highest BCUT2D eigenvalue weighted by atomic mass is 35.5. The molecule has 1 aromatic rings. The minimum atomic E-state index is -3.35. The number of rotatable bonds is 7. The van der Waals surface area contributed by atoms with E-state index in [2.05, 4.69) is 10.0 Å². The molecule has 0 amide bonds. The molecular weight excluding hydrogens is 284 g/mol. The van der Waals surface area contributed by atoms with Gasteiger partial charge in [-0.25, -0.2) is 8.42 Å². The van der Waals surface area contributed by atoms with E-state index in [1.54, 1.807) is 12.1 Å². The molecule has 1 aromatic carbocycles. The van der Waals surface area contributed by atoms with Gasteiger partial charge in [-0.3, -0.25) is 4.72 Å². The molecule has 0 unspecified atom stereocenters. The van der Waals surface area contributed by atoms with Gasteiger partial charge in [0.1, 0.15) is 0 Å². The Balaban J connectivity index is 2.60. The fourth-order valence-electron chi connectivity index (χ4n) is 1.62. The molecule has 0 aliphatic heterocycles. The van der Waals surface area contributed by atoms with Gasteiger partial charge in [-0.1, -0.05) is 37.6 Å². The molecule has 0 atom stereocenters. The summed E-state index contributed by atoms with van der Waals surface area (Å²) in [4.78, 5) is 0.